The van der Waals surface area contributed by atoms with Crippen molar-refractivity contribution in [3.8, 4) is 0 Å². The zero-order valence-electron chi connectivity index (χ0n) is 8.80. The van der Waals surface area contributed by atoms with E-state index in [1.165, 1.54) is 6.20 Å². The Labute approximate surface area is 87.7 Å². The van der Waals surface area contributed by atoms with Gasteiger partial charge in [-0.3, -0.25) is 4.68 Å². The molecule has 0 radical (unpaired) electrons. The van der Waals surface area contributed by atoms with Crippen LogP contribution in [-0.2, 0) is 11.8 Å². The van der Waals surface area contributed by atoms with Crippen LogP contribution in [0.25, 0.3) is 0 Å². The standard InChI is InChI=1S/C10H14N2O3/c1-6-7(3-4-15-6)9-8(10(13)14)5-11-12(9)2/h5-7H,3-4H2,1-2H3,(H,13,14). The minimum Gasteiger partial charge on any atom is -0.478 e. The van der Waals surface area contributed by atoms with Crippen LogP contribution in [0.5, 0.6) is 0 Å². The zero-order chi connectivity index (χ0) is 11.0. The first-order chi connectivity index (χ1) is 7.11. The van der Waals surface area contributed by atoms with Crippen molar-refractivity contribution in [3.63, 3.8) is 0 Å². The van der Waals surface area contributed by atoms with Crippen molar-refractivity contribution in [1.29, 1.82) is 0 Å². The summed E-state index contributed by atoms with van der Waals surface area (Å²) in [6, 6.07) is 0. The summed E-state index contributed by atoms with van der Waals surface area (Å²) in [5.74, 6) is -0.777. The van der Waals surface area contributed by atoms with Gasteiger partial charge >= 0.3 is 5.97 Å². The van der Waals surface area contributed by atoms with Gasteiger partial charge in [-0.05, 0) is 13.3 Å². The van der Waals surface area contributed by atoms with Crippen LogP contribution in [-0.4, -0.2) is 33.6 Å². The number of nitrogens with zero attached hydrogens (tertiary/aromatic N) is 2. The number of carboxylic acid groups (broad SMARTS) is 1. The van der Waals surface area contributed by atoms with Crippen LogP contribution >= 0.6 is 0 Å². The van der Waals surface area contributed by atoms with Gasteiger partial charge in [0.2, 0.25) is 0 Å². The maximum atomic E-state index is 11.0. The lowest BCUT2D eigenvalue weighted by Gasteiger charge is -2.15. The molecule has 5 heteroatoms. The summed E-state index contributed by atoms with van der Waals surface area (Å²) < 4.78 is 7.08. The molecule has 1 aliphatic rings. The molecule has 1 N–H and O–H groups in total. The van der Waals surface area contributed by atoms with Gasteiger partial charge in [0.25, 0.3) is 0 Å². The van der Waals surface area contributed by atoms with Crippen molar-refractivity contribution in [2.45, 2.75) is 25.4 Å². The lowest BCUT2D eigenvalue weighted by Crippen LogP contribution is -2.16. The fourth-order valence-electron chi connectivity index (χ4n) is 2.14. The summed E-state index contributed by atoms with van der Waals surface area (Å²) in [5, 5.41) is 13.0. The third-order valence-corrected chi connectivity index (χ3v) is 2.94. The van der Waals surface area contributed by atoms with E-state index in [2.05, 4.69) is 5.10 Å². The van der Waals surface area contributed by atoms with Gasteiger partial charge in [-0.25, -0.2) is 4.79 Å². The quantitative estimate of drug-likeness (QED) is 0.791. The van der Waals surface area contributed by atoms with Gasteiger partial charge in [0.05, 0.1) is 18.0 Å². The Bertz CT molecular complexity index is 386. The number of aryl methyl sites for hydroxylation is 1. The Hall–Kier alpha value is -1.36. The molecule has 2 rings (SSSR count). The molecule has 0 saturated carbocycles. The molecule has 0 aromatic carbocycles. The van der Waals surface area contributed by atoms with Gasteiger partial charge in [0, 0.05) is 19.6 Å². The molecule has 2 unspecified atom stereocenters. The number of ether oxygens (including phenoxy) is 1. The maximum absolute atomic E-state index is 11.0. The molecule has 1 aromatic heterocycles. The number of carbonyl (C=O) groups is 1. The van der Waals surface area contributed by atoms with Crippen molar-refractivity contribution >= 4 is 5.97 Å². The van der Waals surface area contributed by atoms with Crippen LogP contribution in [0.1, 0.15) is 35.3 Å². The van der Waals surface area contributed by atoms with Gasteiger partial charge in [-0.2, -0.15) is 5.10 Å². The molecular formula is C10H14N2O3. The average molecular weight is 210 g/mol. The highest BCUT2D eigenvalue weighted by Crippen LogP contribution is 2.32. The van der Waals surface area contributed by atoms with Crippen molar-refractivity contribution in [2.24, 2.45) is 7.05 Å². The van der Waals surface area contributed by atoms with E-state index < -0.39 is 5.97 Å². The molecule has 0 aliphatic carbocycles. The number of aromatic nitrogens is 2. The smallest absolute Gasteiger partial charge is 0.339 e. The first-order valence-corrected chi connectivity index (χ1v) is 4.98. The topological polar surface area (TPSA) is 64.3 Å². The minimum absolute atomic E-state index is 0.0681. The molecule has 0 spiro atoms. The molecule has 1 aliphatic heterocycles. The first-order valence-electron chi connectivity index (χ1n) is 4.98. The Balaban J connectivity index is 2.41. The van der Waals surface area contributed by atoms with Crippen LogP contribution in [0.3, 0.4) is 0 Å². The van der Waals surface area contributed by atoms with E-state index in [0.29, 0.717) is 12.2 Å². The van der Waals surface area contributed by atoms with Crippen LogP contribution in [0.4, 0.5) is 0 Å². The minimum atomic E-state index is -0.919. The van der Waals surface area contributed by atoms with E-state index >= 15 is 0 Å². The lowest BCUT2D eigenvalue weighted by molar-refractivity contribution is 0.0693. The molecule has 2 atom stereocenters. The molecular weight excluding hydrogens is 196 g/mol. The Morgan fingerprint density at radius 3 is 3.00 bits per heavy atom. The summed E-state index contributed by atoms with van der Waals surface area (Å²) in [6.45, 7) is 2.66. The van der Waals surface area contributed by atoms with Gasteiger partial charge in [0.1, 0.15) is 5.56 Å². The first kappa shape index (κ1) is 10.2. The molecule has 2 heterocycles. The SMILES string of the molecule is CC1OCCC1c1c(C(=O)O)cnn1C. The molecule has 82 valence electrons. The van der Waals surface area contributed by atoms with Gasteiger partial charge in [0.15, 0.2) is 0 Å². The summed E-state index contributed by atoms with van der Waals surface area (Å²) in [5.41, 5.74) is 1.06. The monoisotopic (exact) mass is 210 g/mol. The molecule has 1 aromatic rings. The van der Waals surface area contributed by atoms with Crippen molar-refractivity contribution in [3.05, 3.63) is 17.5 Å². The van der Waals surface area contributed by atoms with E-state index in [9.17, 15) is 4.79 Å². The number of hydrogen-bond donors (Lipinski definition) is 1. The van der Waals surface area contributed by atoms with Crippen LogP contribution in [0.15, 0.2) is 6.20 Å². The molecule has 0 amide bonds. The normalized spacial score (nSPS) is 25.7. The van der Waals surface area contributed by atoms with E-state index in [1.807, 2.05) is 6.92 Å². The van der Waals surface area contributed by atoms with Gasteiger partial charge < -0.3 is 9.84 Å². The second-order valence-electron chi connectivity index (χ2n) is 3.84. The zero-order valence-corrected chi connectivity index (χ0v) is 8.80. The van der Waals surface area contributed by atoms with E-state index in [1.54, 1.807) is 11.7 Å². The highest BCUT2D eigenvalue weighted by atomic mass is 16.5. The summed E-state index contributed by atoms with van der Waals surface area (Å²) >= 11 is 0. The fraction of sp³-hybridized carbons (Fsp3) is 0.600. The molecule has 0 bridgehead atoms. The molecule has 15 heavy (non-hydrogen) atoms. The lowest BCUT2D eigenvalue weighted by atomic mass is 9.95. The summed E-state index contributed by atoms with van der Waals surface area (Å²) in [6.07, 6.45) is 2.34. The Morgan fingerprint density at radius 1 is 1.73 bits per heavy atom. The number of rotatable bonds is 2. The highest BCUT2D eigenvalue weighted by molar-refractivity contribution is 5.88. The Kier molecular flexibility index (Phi) is 2.48. The predicted molar refractivity (Wildman–Crippen MR) is 52.9 cm³/mol. The second kappa shape index (κ2) is 3.66. The fourth-order valence-corrected chi connectivity index (χ4v) is 2.14. The third-order valence-electron chi connectivity index (χ3n) is 2.94. The van der Waals surface area contributed by atoms with Crippen molar-refractivity contribution in [2.75, 3.05) is 6.61 Å². The van der Waals surface area contributed by atoms with Crippen LogP contribution < -0.4 is 0 Å². The van der Waals surface area contributed by atoms with Gasteiger partial charge in [-0.1, -0.05) is 0 Å². The number of carboxylic acids is 1. The predicted octanol–water partition coefficient (Wildman–Crippen LogP) is 1.01. The second-order valence-corrected chi connectivity index (χ2v) is 3.84. The van der Waals surface area contributed by atoms with Gasteiger partial charge in [-0.15, -0.1) is 0 Å². The largest absolute Gasteiger partial charge is 0.478 e. The summed E-state index contributed by atoms with van der Waals surface area (Å²) in [7, 11) is 1.77. The molecule has 1 saturated heterocycles. The van der Waals surface area contributed by atoms with E-state index in [4.69, 9.17) is 9.84 Å². The maximum Gasteiger partial charge on any atom is 0.339 e. The van der Waals surface area contributed by atoms with Crippen molar-refractivity contribution in [1.82, 2.24) is 9.78 Å². The Morgan fingerprint density at radius 2 is 2.47 bits per heavy atom. The molecule has 1 fully saturated rings. The third kappa shape index (κ3) is 1.63. The average Bonchev–Trinajstić information content (AvgIpc) is 2.71. The van der Waals surface area contributed by atoms with Crippen molar-refractivity contribution < 1.29 is 14.6 Å². The van der Waals surface area contributed by atoms with E-state index in [-0.39, 0.29) is 12.0 Å². The van der Waals surface area contributed by atoms with Crippen LogP contribution in [0.2, 0.25) is 0 Å². The number of hydrogen-bond acceptors (Lipinski definition) is 3. The molecule has 5 nitrogen and oxygen atoms in total. The summed E-state index contributed by atoms with van der Waals surface area (Å²) in [4.78, 5) is 11.0. The van der Waals surface area contributed by atoms with E-state index in [0.717, 1.165) is 12.1 Å². The highest BCUT2D eigenvalue weighted by Gasteiger charge is 2.32. The van der Waals surface area contributed by atoms with Crippen LogP contribution in [0, 0.1) is 0 Å². The number of aromatic carboxylic acids is 1.